The molecule has 0 aromatic heterocycles. The van der Waals surface area contributed by atoms with Gasteiger partial charge in [-0.2, -0.15) is 0 Å². The van der Waals surface area contributed by atoms with Gasteiger partial charge in [0.2, 0.25) is 0 Å². The van der Waals surface area contributed by atoms with E-state index in [0.717, 1.165) is 8.64 Å². The fourth-order valence-corrected chi connectivity index (χ4v) is 2.96. The third kappa shape index (κ3) is 1.55. The molecule has 1 aliphatic heterocycles. The van der Waals surface area contributed by atoms with Crippen LogP contribution in [0, 0.1) is 0 Å². The first-order valence-electron chi connectivity index (χ1n) is 2.52. The highest BCUT2D eigenvalue weighted by molar-refractivity contribution is 8.89. The molecule has 0 aliphatic carbocycles. The molecule has 0 saturated carbocycles. The van der Waals surface area contributed by atoms with Gasteiger partial charge in [0.1, 0.15) is 0 Å². The van der Waals surface area contributed by atoms with E-state index in [2.05, 4.69) is 0 Å². The number of hydrogen-bond acceptors (Lipinski definition) is 4. The molecule has 0 amide bonds. The molecule has 1 rings (SSSR count). The maximum absolute atomic E-state index is 5.03. The summed E-state index contributed by atoms with van der Waals surface area (Å²) in [5.74, 6) is 0. The van der Waals surface area contributed by atoms with Gasteiger partial charge in [0, 0.05) is 14.1 Å². The first-order valence-corrected chi connectivity index (χ1v) is 5.49. The average Bonchev–Trinajstić information content (AvgIpc) is 1.93. The van der Waals surface area contributed by atoms with Crippen molar-refractivity contribution in [3.05, 3.63) is 0 Å². The van der Waals surface area contributed by atoms with Gasteiger partial charge >= 0.3 is 0 Å². The van der Waals surface area contributed by atoms with Gasteiger partial charge in [0.25, 0.3) is 0 Å². The maximum Gasteiger partial charge on any atom is 0.165 e. The van der Waals surface area contributed by atoms with Crippen LogP contribution in [-0.2, 0) is 0 Å². The molecule has 10 heavy (non-hydrogen) atoms. The van der Waals surface area contributed by atoms with Crippen molar-refractivity contribution in [2.45, 2.75) is 0 Å². The first-order chi connectivity index (χ1) is 4.63. The van der Waals surface area contributed by atoms with E-state index in [0.29, 0.717) is 0 Å². The average molecular weight is 210 g/mol. The summed E-state index contributed by atoms with van der Waals surface area (Å²) in [5.41, 5.74) is 0. The lowest BCUT2D eigenvalue weighted by Gasteiger charge is -2.34. The van der Waals surface area contributed by atoms with Crippen molar-refractivity contribution in [3.8, 4) is 0 Å². The molecule has 0 aromatic carbocycles. The fourth-order valence-electron chi connectivity index (χ4n) is 0.424. The van der Waals surface area contributed by atoms with Gasteiger partial charge < -0.3 is 0 Å². The molecular weight excluding hydrogens is 204 g/mol. The van der Waals surface area contributed by atoms with Crippen LogP contribution in [0.25, 0.3) is 0 Å². The van der Waals surface area contributed by atoms with Gasteiger partial charge in [-0.3, -0.25) is 10.0 Å². The predicted octanol–water partition coefficient (Wildman–Crippen LogP) is 1.73. The molecule has 0 aromatic rings. The largest absolute Gasteiger partial charge is 0.271 e. The van der Waals surface area contributed by atoms with Crippen molar-refractivity contribution in [1.29, 1.82) is 0 Å². The molecule has 2 nitrogen and oxygen atoms in total. The number of rotatable bonds is 0. The van der Waals surface area contributed by atoms with Crippen LogP contribution in [0.3, 0.4) is 0 Å². The normalized spacial score (nSPS) is 20.2. The van der Waals surface area contributed by atoms with E-state index >= 15 is 0 Å². The number of hydrazine groups is 1. The molecule has 56 valence electrons. The molecule has 0 bridgehead atoms. The minimum Gasteiger partial charge on any atom is -0.271 e. The molecule has 1 fully saturated rings. The van der Waals surface area contributed by atoms with Gasteiger partial charge in [-0.1, -0.05) is 0 Å². The Labute approximate surface area is 78.7 Å². The van der Waals surface area contributed by atoms with Crippen LogP contribution >= 0.6 is 46.0 Å². The van der Waals surface area contributed by atoms with E-state index in [-0.39, 0.29) is 0 Å². The molecular formula is C4H6N2S4. The highest BCUT2D eigenvalue weighted by atomic mass is 33.1. The zero-order chi connectivity index (χ0) is 7.72. The Hall–Kier alpha value is 0.480. The topological polar surface area (TPSA) is 6.48 Å². The monoisotopic (exact) mass is 210 g/mol. The second kappa shape index (κ2) is 3.25. The van der Waals surface area contributed by atoms with Gasteiger partial charge in [-0.25, -0.2) is 0 Å². The number of hydrogen-bond donors (Lipinski definition) is 0. The van der Waals surface area contributed by atoms with E-state index in [1.807, 2.05) is 24.1 Å². The van der Waals surface area contributed by atoms with E-state index in [1.54, 1.807) is 0 Å². The third-order valence-corrected chi connectivity index (χ3v) is 4.92. The summed E-state index contributed by atoms with van der Waals surface area (Å²) < 4.78 is 1.70. The summed E-state index contributed by atoms with van der Waals surface area (Å²) in [6.45, 7) is 0. The summed E-state index contributed by atoms with van der Waals surface area (Å²) in [6.07, 6.45) is 0. The van der Waals surface area contributed by atoms with Crippen molar-refractivity contribution in [2.75, 3.05) is 14.1 Å². The van der Waals surface area contributed by atoms with Crippen molar-refractivity contribution in [3.63, 3.8) is 0 Å². The molecule has 0 spiro atoms. The van der Waals surface area contributed by atoms with Gasteiger partial charge in [-0.05, 0) is 46.0 Å². The number of nitrogens with zero attached hydrogens (tertiary/aromatic N) is 2. The van der Waals surface area contributed by atoms with Crippen molar-refractivity contribution in [2.24, 2.45) is 0 Å². The van der Waals surface area contributed by atoms with E-state index in [4.69, 9.17) is 24.4 Å². The Kier molecular flexibility index (Phi) is 2.79. The van der Waals surface area contributed by atoms with Crippen molar-refractivity contribution < 1.29 is 0 Å². The lowest BCUT2D eigenvalue weighted by atomic mass is 11.0. The molecule has 0 unspecified atom stereocenters. The zero-order valence-electron chi connectivity index (χ0n) is 5.53. The van der Waals surface area contributed by atoms with Crippen LogP contribution in [0.4, 0.5) is 0 Å². The van der Waals surface area contributed by atoms with Crippen LogP contribution in [0.5, 0.6) is 0 Å². The Morgan fingerprint density at radius 2 is 1.30 bits per heavy atom. The minimum atomic E-state index is 0.848. The summed E-state index contributed by atoms with van der Waals surface area (Å²) >= 11 is 10.1. The lowest BCUT2D eigenvalue weighted by molar-refractivity contribution is 0.225. The summed E-state index contributed by atoms with van der Waals surface area (Å²) in [4.78, 5) is 0. The van der Waals surface area contributed by atoms with Gasteiger partial charge in [0.05, 0.1) is 0 Å². The molecule has 1 saturated heterocycles. The summed E-state index contributed by atoms with van der Waals surface area (Å²) in [7, 11) is 6.87. The third-order valence-electron chi connectivity index (χ3n) is 1.16. The van der Waals surface area contributed by atoms with E-state index in [1.165, 1.54) is 21.6 Å². The lowest BCUT2D eigenvalue weighted by Crippen LogP contribution is -2.43. The minimum absolute atomic E-state index is 0.848. The second-order valence-electron chi connectivity index (χ2n) is 1.75. The highest BCUT2D eigenvalue weighted by Crippen LogP contribution is 2.32. The van der Waals surface area contributed by atoms with Crippen LogP contribution < -0.4 is 0 Å². The standard InChI is InChI=1S/C4H6N2S4/c1-5-3(7)9-10-4(8)6(5)2/h1-2H3. The molecule has 0 atom stereocenters. The molecule has 1 heterocycles. The fraction of sp³-hybridized carbons (Fsp3) is 0.500. The van der Waals surface area contributed by atoms with Crippen LogP contribution in [0.15, 0.2) is 0 Å². The Bertz CT molecular complexity index is 160. The Morgan fingerprint density at radius 1 is 1.00 bits per heavy atom. The van der Waals surface area contributed by atoms with Crippen molar-refractivity contribution in [1.82, 2.24) is 10.0 Å². The Balaban J connectivity index is 2.69. The molecule has 0 N–H and O–H groups in total. The molecule has 1 aliphatic rings. The number of thiocarbonyl (C=S) groups is 2. The molecule has 0 radical (unpaired) electrons. The smallest absolute Gasteiger partial charge is 0.165 e. The molecule has 6 heteroatoms. The second-order valence-corrected chi connectivity index (χ2v) is 5.14. The maximum atomic E-state index is 5.03. The van der Waals surface area contributed by atoms with Gasteiger partial charge in [-0.15, -0.1) is 0 Å². The van der Waals surface area contributed by atoms with Crippen LogP contribution in [0.2, 0.25) is 0 Å². The van der Waals surface area contributed by atoms with Crippen LogP contribution in [-0.4, -0.2) is 32.8 Å². The first kappa shape index (κ1) is 8.58. The quantitative estimate of drug-likeness (QED) is 0.440. The predicted molar refractivity (Wildman–Crippen MR) is 55.9 cm³/mol. The highest BCUT2D eigenvalue weighted by Gasteiger charge is 2.20. The van der Waals surface area contributed by atoms with Crippen molar-refractivity contribution >= 4 is 54.7 Å². The SMILES string of the molecule is CN1C(=S)SSC(=S)N1C. The van der Waals surface area contributed by atoms with E-state index < -0.39 is 0 Å². The van der Waals surface area contributed by atoms with Crippen LogP contribution in [0.1, 0.15) is 0 Å². The zero-order valence-corrected chi connectivity index (χ0v) is 8.79. The van der Waals surface area contributed by atoms with E-state index in [9.17, 15) is 0 Å². The Morgan fingerprint density at radius 3 is 1.60 bits per heavy atom. The van der Waals surface area contributed by atoms with Gasteiger partial charge in [0.15, 0.2) is 8.64 Å². The summed E-state index contributed by atoms with van der Waals surface area (Å²) in [5, 5.41) is 3.72. The summed E-state index contributed by atoms with van der Waals surface area (Å²) in [6, 6.07) is 0.